The normalized spacial score (nSPS) is 15.1. The molecular weight excluding hydrogens is 612 g/mol. The second-order valence-corrected chi connectivity index (χ2v) is 11.4. The third-order valence-electron chi connectivity index (χ3n) is 6.45. The molecule has 0 saturated carbocycles. The highest BCUT2D eigenvalue weighted by Crippen LogP contribution is 2.37. The number of hydrogen-bond donors (Lipinski definition) is 0. The van der Waals surface area contributed by atoms with Crippen LogP contribution < -0.4 is 19.6 Å². The molecule has 1 aliphatic rings. The fourth-order valence-corrected chi connectivity index (χ4v) is 6.12. The maximum atomic E-state index is 14.1. The van der Waals surface area contributed by atoms with E-state index in [2.05, 4.69) is 20.9 Å². The Bertz CT molecular complexity index is 1900. The monoisotopic (exact) mass is 636 g/mol. The summed E-state index contributed by atoms with van der Waals surface area (Å²) in [6.07, 6.45) is 3.10. The van der Waals surface area contributed by atoms with E-state index in [0.717, 1.165) is 4.47 Å². The number of non-ortho nitro benzene ring substituents is 1. The van der Waals surface area contributed by atoms with Crippen molar-refractivity contribution >= 4 is 45.0 Å². The number of methoxy groups -OCH3 is 1. The predicted octanol–water partition coefficient (Wildman–Crippen LogP) is 4.66. The highest BCUT2D eigenvalue weighted by Gasteiger charge is 2.35. The van der Waals surface area contributed by atoms with Crippen LogP contribution in [0, 0.1) is 10.1 Å². The van der Waals surface area contributed by atoms with Gasteiger partial charge in [0.25, 0.3) is 11.2 Å². The zero-order valence-corrected chi connectivity index (χ0v) is 24.9. The lowest BCUT2D eigenvalue weighted by Crippen LogP contribution is -2.40. The standard InChI is InChI=1S/C29H25BrN4O6S/c1-16(2)40-28(36)25-17(3)31-29-33(26(25)22-13-18(30)10-11-23(22)39-4)27(35)24(41-29)15-20-9-6-12-32(20)19-7-5-8-21(14-19)34(37)38/h5-16,26H,1-4H3/b24-15-/t26-/m1/s1. The molecule has 12 heteroatoms. The Morgan fingerprint density at radius 2 is 1.98 bits per heavy atom. The van der Waals surface area contributed by atoms with E-state index >= 15 is 0 Å². The first-order valence-corrected chi connectivity index (χ1v) is 14.2. The van der Waals surface area contributed by atoms with Gasteiger partial charge in [-0.15, -0.1) is 0 Å². The van der Waals surface area contributed by atoms with E-state index in [4.69, 9.17) is 9.47 Å². The predicted molar refractivity (Wildman–Crippen MR) is 158 cm³/mol. The number of allylic oxidation sites excluding steroid dienone is 1. The number of halogens is 1. The van der Waals surface area contributed by atoms with Gasteiger partial charge in [0.1, 0.15) is 11.8 Å². The van der Waals surface area contributed by atoms with Crippen molar-refractivity contribution in [1.82, 2.24) is 9.13 Å². The van der Waals surface area contributed by atoms with Crippen LogP contribution in [0.1, 0.15) is 38.1 Å². The number of carbonyl (C=O) groups excluding carboxylic acids is 1. The van der Waals surface area contributed by atoms with Gasteiger partial charge >= 0.3 is 5.97 Å². The molecule has 1 aliphatic heterocycles. The Morgan fingerprint density at radius 1 is 1.20 bits per heavy atom. The van der Waals surface area contributed by atoms with Crippen LogP contribution >= 0.6 is 27.3 Å². The third-order valence-corrected chi connectivity index (χ3v) is 7.92. The molecule has 0 unspecified atom stereocenters. The molecule has 2 aromatic carbocycles. The van der Waals surface area contributed by atoms with Gasteiger partial charge in [-0.05, 0) is 63.2 Å². The molecule has 0 aliphatic carbocycles. The fraction of sp³-hybridized carbons (Fsp3) is 0.207. The lowest BCUT2D eigenvalue weighted by atomic mass is 9.95. The van der Waals surface area contributed by atoms with Gasteiger partial charge in [-0.2, -0.15) is 0 Å². The summed E-state index contributed by atoms with van der Waals surface area (Å²) in [4.78, 5) is 43.4. The number of carbonyl (C=O) groups is 1. The fourth-order valence-electron chi connectivity index (χ4n) is 4.71. The third kappa shape index (κ3) is 5.40. The molecule has 210 valence electrons. The zero-order chi connectivity index (χ0) is 29.4. The summed E-state index contributed by atoms with van der Waals surface area (Å²) in [6.45, 7) is 5.24. The van der Waals surface area contributed by atoms with Crippen LogP contribution in [0.15, 0.2) is 86.3 Å². The van der Waals surface area contributed by atoms with Crippen molar-refractivity contribution < 1.29 is 19.2 Å². The SMILES string of the molecule is COc1ccc(Br)cc1[C@@H]1C(C(=O)OC(C)C)=C(C)N=c2s/c(=C\c3cccn3-c3cccc([N+](=O)[O-])c3)c(=O)n21. The summed E-state index contributed by atoms with van der Waals surface area (Å²) in [5, 5.41) is 11.3. The molecule has 0 N–H and O–H groups in total. The number of ether oxygens (including phenoxy) is 2. The number of nitro groups is 1. The largest absolute Gasteiger partial charge is 0.496 e. The minimum atomic E-state index is -0.851. The molecule has 1 atom stereocenters. The summed E-state index contributed by atoms with van der Waals surface area (Å²) in [5.74, 6) is -0.0704. The lowest BCUT2D eigenvalue weighted by Gasteiger charge is -2.26. The summed E-state index contributed by atoms with van der Waals surface area (Å²) in [7, 11) is 1.53. The van der Waals surface area contributed by atoms with Crippen molar-refractivity contribution in [3.63, 3.8) is 0 Å². The molecule has 41 heavy (non-hydrogen) atoms. The summed E-state index contributed by atoms with van der Waals surface area (Å²) < 4.78 is 15.6. The van der Waals surface area contributed by atoms with Crippen LogP contribution in [-0.4, -0.2) is 33.2 Å². The topological polar surface area (TPSA) is 118 Å². The van der Waals surface area contributed by atoms with Crippen molar-refractivity contribution in [3.8, 4) is 11.4 Å². The van der Waals surface area contributed by atoms with E-state index in [-0.39, 0.29) is 22.9 Å². The van der Waals surface area contributed by atoms with Gasteiger partial charge in [-0.25, -0.2) is 9.79 Å². The first kappa shape index (κ1) is 28.2. The number of benzene rings is 2. The highest BCUT2D eigenvalue weighted by atomic mass is 79.9. The quantitative estimate of drug-likeness (QED) is 0.165. The number of aromatic nitrogens is 2. The first-order valence-electron chi connectivity index (χ1n) is 12.6. The van der Waals surface area contributed by atoms with Gasteiger partial charge in [0, 0.05) is 34.1 Å². The molecule has 0 amide bonds. The highest BCUT2D eigenvalue weighted by molar-refractivity contribution is 9.10. The number of thiazole rings is 1. The number of nitrogens with zero attached hydrogens (tertiary/aromatic N) is 4. The molecule has 3 heterocycles. The number of hydrogen-bond acceptors (Lipinski definition) is 8. The molecule has 4 aromatic rings. The van der Waals surface area contributed by atoms with Crippen LogP contribution in [0.5, 0.6) is 5.75 Å². The van der Waals surface area contributed by atoms with Gasteiger partial charge in [0.05, 0.1) is 39.6 Å². The summed E-state index contributed by atoms with van der Waals surface area (Å²) in [5.41, 5.74) is 2.11. The summed E-state index contributed by atoms with van der Waals surface area (Å²) >= 11 is 4.69. The molecule has 5 rings (SSSR count). The van der Waals surface area contributed by atoms with Crippen LogP contribution in [0.2, 0.25) is 0 Å². The van der Waals surface area contributed by atoms with Gasteiger partial charge < -0.3 is 14.0 Å². The van der Waals surface area contributed by atoms with Crippen molar-refractivity contribution in [2.75, 3.05) is 7.11 Å². The molecule has 2 aromatic heterocycles. The van der Waals surface area contributed by atoms with Crippen molar-refractivity contribution in [3.05, 3.63) is 118 Å². The Hall–Kier alpha value is -4.29. The maximum Gasteiger partial charge on any atom is 0.338 e. The van der Waals surface area contributed by atoms with Crippen LogP contribution in [0.4, 0.5) is 5.69 Å². The second-order valence-electron chi connectivity index (χ2n) is 9.50. The van der Waals surface area contributed by atoms with Gasteiger partial charge in [0.15, 0.2) is 4.80 Å². The van der Waals surface area contributed by atoms with Crippen molar-refractivity contribution in [1.29, 1.82) is 0 Å². The average Bonchev–Trinajstić information content (AvgIpc) is 3.51. The van der Waals surface area contributed by atoms with Crippen molar-refractivity contribution in [2.45, 2.75) is 32.9 Å². The maximum absolute atomic E-state index is 14.1. The summed E-state index contributed by atoms with van der Waals surface area (Å²) in [6, 6.07) is 14.4. The number of nitro benzene ring substituents is 1. The Kier molecular flexibility index (Phi) is 7.78. The van der Waals surface area contributed by atoms with Crippen LogP contribution in [0.3, 0.4) is 0 Å². The van der Waals surface area contributed by atoms with E-state index in [1.807, 2.05) is 18.2 Å². The molecule has 10 nitrogen and oxygen atoms in total. The van der Waals surface area contributed by atoms with Crippen LogP contribution in [-0.2, 0) is 9.53 Å². The lowest BCUT2D eigenvalue weighted by molar-refractivity contribution is -0.384. The first-order chi connectivity index (χ1) is 19.6. The molecule has 0 fully saturated rings. The van der Waals surface area contributed by atoms with E-state index in [0.29, 0.717) is 37.7 Å². The minimum absolute atomic E-state index is 0.0409. The zero-order valence-electron chi connectivity index (χ0n) is 22.5. The van der Waals surface area contributed by atoms with E-state index < -0.39 is 16.9 Å². The van der Waals surface area contributed by atoms with E-state index in [1.165, 1.54) is 35.1 Å². The van der Waals surface area contributed by atoms with Gasteiger partial charge in [-0.1, -0.05) is 33.3 Å². The van der Waals surface area contributed by atoms with Gasteiger partial charge in [0.2, 0.25) is 0 Å². The van der Waals surface area contributed by atoms with E-state index in [9.17, 15) is 19.7 Å². The molecule has 0 saturated heterocycles. The Morgan fingerprint density at radius 3 is 2.68 bits per heavy atom. The molecule has 0 bridgehead atoms. The van der Waals surface area contributed by atoms with E-state index in [1.54, 1.807) is 61.9 Å². The number of fused-ring (bicyclic) bond motifs is 1. The molecule has 0 spiro atoms. The van der Waals surface area contributed by atoms with Crippen LogP contribution in [0.25, 0.3) is 11.8 Å². The average molecular weight is 638 g/mol. The Labute approximate surface area is 246 Å². The smallest absolute Gasteiger partial charge is 0.338 e. The molecule has 0 radical (unpaired) electrons. The van der Waals surface area contributed by atoms with Gasteiger partial charge in [-0.3, -0.25) is 19.5 Å². The second kappa shape index (κ2) is 11.3. The molecular formula is C29H25BrN4O6S. The Balaban J connectivity index is 1.72. The number of rotatable bonds is 7. The number of esters is 1. The minimum Gasteiger partial charge on any atom is -0.496 e. The van der Waals surface area contributed by atoms with Crippen molar-refractivity contribution in [2.24, 2.45) is 4.99 Å².